The van der Waals surface area contributed by atoms with Gasteiger partial charge in [-0.15, -0.1) is 0 Å². The first-order chi connectivity index (χ1) is 13.3. The average molecular weight is 374 g/mol. The lowest BCUT2D eigenvalue weighted by Gasteiger charge is -2.36. The summed E-state index contributed by atoms with van der Waals surface area (Å²) < 4.78 is 28.1. The lowest BCUT2D eigenvalue weighted by atomic mass is 10.2. The molecule has 1 aliphatic rings. The van der Waals surface area contributed by atoms with Crippen molar-refractivity contribution in [2.45, 2.75) is 38.0 Å². The molecule has 0 saturated carbocycles. The summed E-state index contributed by atoms with van der Waals surface area (Å²) in [6.45, 7) is 1.47. The number of aliphatic hydroxyl groups is 1. The minimum Gasteiger partial charge on any atom is -0.374 e. The number of methoxy groups -OCH3 is 1. The molecule has 0 radical (unpaired) electrons. The van der Waals surface area contributed by atoms with Gasteiger partial charge in [0.2, 0.25) is 12.6 Å². The molecule has 27 heavy (non-hydrogen) atoms. The quantitative estimate of drug-likeness (QED) is 0.728. The molecular weight excluding hydrogens is 348 g/mol. The Labute approximate surface area is 159 Å². The fourth-order valence-corrected chi connectivity index (χ4v) is 2.84. The summed E-state index contributed by atoms with van der Waals surface area (Å²) in [5, 5.41) is 10.0. The second-order valence-corrected chi connectivity index (χ2v) is 6.34. The van der Waals surface area contributed by atoms with Gasteiger partial charge in [-0.3, -0.25) is 0 Å². The zero-order valence-corrected chi connectivity index (χ0v) is 15.4. The van der Waals surface area contributed by atoms with Gasteiger partial charge in [0, 0.05) is 7.11 Å². The lowest BCUT2D eigenvalue weighted by Crippen LogP contribution is -2.50. The Morgan fingerprint density at radius 3 is 2.22 bits per heavy atom. The lowest BCUT2D eigenvalue weighted by molar-refractivity contribution is -0.336. The van der Waals surface area contributed by atoms with Gasteiger partial charge in [-0.1, -0.05) is 60.7 Å². The topological polar surface area (TPSA) is 66.4 Å². The summed E-state index contributed by atoms with van der Waals surface area (Å²) in [5.41, 5.74) is 2.14. The van der Waals surface area contributed by atoms with E-state index in [1.165, 1.54) is 7.11 Å². The van der Waals surface area contributed by atoms with Crippen molar-refractivity contribution in [3.05, 3.63) is 71.8 Å². The standard InChI is InChI=1S/C21H26O6/c1-23-21-20(22)27-19(15-26-21)18(25-13-17-10-6-3-7-11-17)14-24-12-16-8-4-2-5-9-16/h2-11,18-22H,12-15H2,1H3/t18-,19?,20?,21?/m1/s1. The van der Waals surface area contributed by atoms with Crippen LogP contribution in [0.2, 0.25) is 0 Å². The molecule has 1 fully saturated rings. The molecule has 4 atom stereocenters. The molecule has 1 aliphatic heterocycles. The summed E-state index contributed by atoms with van der Waals surface area (Å²) in [6, 6.07) is 19.8. The number of rotatable bonds is 9. The molecule has 0 aliphatic carbocycles. The highest BCUT2D eigenvalue weighted by Gasteiger charge is 2.35. The van der Waals surface area contributed by atoms with Gasteiger partial charge in [-0.05, 0) is 11.1 Å². The van der Waals surface area contributed by atoms with Crippen molar-refractivity contribution in [3.8, 4) is 0 Å². The van der Waals surface area contributed by atoms with Crippen molar-refractivity contribution < 1.29 is 28.8 Å². The van der Waals surface area contributed by atoms with E-state index in [-0.39, 0.29) is 12.7 Å². The maximum atomic E-state index is 10.0. The Morgan fingerprint density at radius 1 is 1.00 bits per heavy atom. The third kappa shape index (κ3) is 6.10. The molecule has 0 bridgehead atoms. The molecule has 1 saturated heterocycles. The average Bonchev–Trinajstić information content (AvgIpc) is 2.72. The molecule has 3 rings (SSSR count). The van der Waals surface area contributed by atoms with E-state index in [1.54, 1.807) is 0 Å². The number of hydrogen-bond donors (Lipinski definition) is 1. The van der Waals surface area contributed by atoms with E-state index in [2.05, 4.69) is 0 Å². The van der Waals surface area contributed by atoms with Crippen LogP contribution in [0.4, 0.5) is 0 Å². The van der Waals surface area contributed by atoms with Crippen molar-refractivity contribution >= 4 is 0 Å². The highest BCUT2D eigenvalue weighted by molar-refractivity contribution is 5.14. The second-order valence-electron chi connectivity index (χ2n) is 6.34. The maximum Gasteiger partial charge on any atom is 0.209 e. The first-order valence-electron chi connectivity index (χ1n) is 9.01. The first kappa shape index (κ1) is 19.9. The summed E-state index contributed by atoms with van der Waals surface area (Å²) >= 11 is 0. The molecule has 2 aromatic carbocycles. The summed E-state index contributed by atoms with van der Waals surface area (Å²) in [4.78, 5) is 0. The predicted molar refractivity (Wildman–Crippen MR) is 98.7 cm³/mol. The molecule has 0 amide bonds. The van der Waals surface area contributed by atoms with Crippen molar-refractivity contribution in [2.75, 3.05) is 20.3 Å². The Balaban J connectivity index is 1.57. The van der Waals surface area contributed by atoms with Crippen LogP contribution in [0.1, 0.15) is 11.1 Å². The van der Waals surface area contributed by atoms with Crippen LogP contribution in [0.25, 0.3) is 0 Å². The van der Waals surface area contributed by atoms with Gasteiger partial charge in [-0.2, -0.15) is 0 Å². The normalized spacial score (nSPS) is 23.9. The van der Waals surface area contributed by atoms with Crippen LogP contribution in [-0.2, 0) is 36.9 Å². The van der Waals surface area contributed by atoms with Crippen LogP contribution < -0.4 is 0 Å². The summed E-state index contributed by atoms with van der Waals surface area (Å²) in [7, 11) is 1.46. The van der Waals surface area contributed by atoms with Gasteiger partial charge < -0.3 is 28.8 Å². The van der Waals surface area contributed by atoms with Crippen LogP contribution >= 0.6 is 0 Å². The number of benzene rings is 2. The van der Waals surface area contributed by atoms with Crippen LogP contribution in [0.5, 0.6) is 0 Å². The predicted octanol–water partition coefficient (Wildman–Crippen LogP) is 2.49. The van der Waals surface area contributed by atoms with Gasteiger partial charge >= 0.3 is 0 Å². The van der Waals surface area contributed by atoms with Crippen molar-refractivity contribution in [2.24, 2.45) is 0 Å². The van der Waals surface area contributed by atoms with Crippen molar-refractivity contribution in [1.29, 1.82) is 0 Å². The van der Waals surface area contributed by atoms with Gasteiger partial charge in [-0.25, -0.2) is 0 Å². The monoisotopic (exact) mass is 374 g/mol. The molecular formula is C21H26O6. The first-order valence-corrected chi connectivity index (χ1v) is 9.01. The van der Waals surface area contributed by atoms with Gasteiger partial charge in [0.25, 0.3) is 0 Å². The van der Waals surface area contributed by atoms with E-state index in [4.69, 9.17) is 23.7 Å². The van der Waals surface area contributed by atoms with E-state index in [1.807, 2.05) is 60.7 Å². The maximum absolute atomic E-state index is 10.0. The highest BCUT2D eigenvalue weighted by atomic mass is 16.8. The molecule has 1 heterocycles. The molecule has 0 spiro atoms. The van der Waals surface area contributed by atoms with E-state index >= 15 is 0 Å². The van der Waals surface area contributed by atoms with Gasteiger partial charge in [0.15, 0.2) is 0 Å². The van der Waals surface area contributed by atoms with Crippen LogP contribution in [0.3, 0.4) is 0 Å². The van der Waals surface area contributed by atoms with Gasteiger partial charge in [0.1, 0.15) is 12.2 Å². The van der Waals surface area contributed by atoms with E-state index in [0.717, 1.165) is 11.1 Å². The molecule has 1 N–H and O–H groups in total. The summed E-state index contributed by atoms with van der Waals surface area (Å²) in [5.74, 6) is 0. The Kier molecular flexibility index (Phi) is 7.77. The Hall–Kier alpha value is -1.80. The van der Waals surface area contributed by atoms with E-state index < -0.39 is 18.7 Å². The third-order valence-electron chi connectivity index (χ3n) is 4.32. The minimum atomic E-state index is -1.16. The largest absolute Gasteiger partial charge is 0.374 e. The number of hydrogen-bond acceptors (Lipinski definition) is 6. The minimum absolute atomic E-state index is 0.254. The van der Waals surface area contributed by atoms with Crippen molar-refractivity contribution in [1.82, 2.24) is 0 Å². The Bertz CT molecular complexity index is 650. The van der Waals surface area contributed by atoms with Crippen LogP contribution in [0, 0.1) is 0 Å². The molecule has 6 heteroatoms. The van der Waals surface area contributed by atoms with Gasteiger partial charge in [0.05, 0.1) is 26.4 Å². The summed E-state index contributed by atoms with van der Waals surface area (Å²) in [6.07, 6.45) is -2.79. The third-order valence-corrected chi connectivity index (χ3v) is 4.32. The fourth-order valence-electron chi connectivity index (χ4n) is 2.84. The van der Waals surface area contributed by atoms with E-state index in [9.17, 15) is 5.11 Å². The fraction of sp³-hybridized carbons (Fsp3) is 0.429. The zero-order valence-electron chi connectivity index (χ0n) is 15.4. The molecule has 0 aromatic heterocycles. The second kappa shape index (κ2) is 10.5. The van der Waals surface area contributed by atoms with Crippen LogP contribution in [0.15, 0.2) is 60.7 Å². The molecule has 3 unspecified atom stereocenters. The molecule has 6 nitrogen and oxygen atoms in total. The molecule has 146 valence electrons. The highest BCUT2D eigenvalue weighted by Crippen LogP contribution is 2.19. The van der Waals surface area contributed by atoms with Crippen molar-refractivity contribution in [3.63, 3.8) is 0 Å². The van der Waals surface area contributed by atoms with E-state index in [0.29, 0.717) is 19.8 Å². The zero-order chi connectivity index (χ0) is 18.9. The van der Waals surface area contributed by atoms with Crippen LogP contribution in [-0.4, -0.2) is 50.2 Å². The molecule has 2 aromatic rings. The Morgan fingerprint density at radius 2 is 1.63 bits per heavy atom. The number of ether oxygens (including phenoxy) is 5. The smallest absolute Gasteiger partial charge is 0.209 e. The SMILES string of the molecule is COC1OCC([C@@H](COCc2ccccc2)OCc2ccccc2)OC1O. The number of aliphatic hydroxyl groups excluding tert-OH is 1.